The molecule has 0 bridgehead atoms. The highest BCUT2D eigenvalue weighted by Gasteiger charge is 2.35. The molecule has 2 aromatic carbocycles. The van der Waals surface area contributed by atoms with Crippen LogP contribution in [-0.2, 0) is 17.6 Å². The minimum Gasteiger partial charge on any atom is -0.486 e. The second-order valence-electron chi connectivity index (χ2n) is 7.96. The van der Waals surface area contributed by atoms with E-state index < -0.39 is 11.2 Å². The lowest BCUT2D eigenvalue weighted by molar-refractivity contribution is -0.116. The molecule has 0 aliphatic heterocycles. The monoisotopic (exact) mass is 416 g/mol. The summed E-state index contributed by atoms with van der Waals surface area (Å²) in [6.45, 7) is 3.58. The zero-order valence-corrected chi connectivity index (χ0v) is 18.1. The van der Waals surface area contributed by atoms with Crippen molar-refractivity contribution in [3.8, 4) is 5.75 Å². The first kappa shape index (κ1) is 21.6. The quantitative estimate of drug-likeness (QED) is 0.395. The summed E-state index contributed by atoms with van der Waals surface area (Å²) in [7, 11) is 2.30. The molecule has 0 fully saturated rings. The molecule has 2 nitrogen and oxygen atoms in total. The number of rotatable bonds is 8. The van der Waals surface area contributed by atoms with Crippen molar-refractivity contribution in [2.75, 3.05) is 6.61 Å². The smallest absolute Gasteiger partial charge is 0.165 e. The number of benzene rings is 2. The van der Waals surface area contributed by atoms with Crippen LogP contribution in [0, 0.1) is 12.7 Å². The Labute approximate surface area is 173 Å². The molecule has 0 amide bonds. The van der Waals surface area contributed by atoms with E-state index in [9.17, 15) is 13.6 Å². The van der Waals surface area contributed by atoms with E-state index in [-0.39, 0.29) is 24.6 Å². The van der Waals surface area contributed by atoms with Crippen molar-refractivity contribution in [3.05, 3.63) is 76.1 Å². The molecule has 1 aliphatic rings. The summed E-state index contributed by atoms with van der Waals surface area (Å²) in [4.78, 5) is 11.2. The Kier molecular flexibility index (Phi) is 6.85. The highest BCUT2D eigenvalue weighted by Crippen LogP contribution is 2.44. The molecule has 29 heavy (non-hydrogen) atoms. The predicted molar refractivity (Wildman–Crippen MR) is 116 cm³/mol. The second kappa shape index (κ2) is 9.17. The number of Topliss-reactive ketones (excluding diaryl/α,β-unsaturated/α-hetero) is 1. The number of halogens is 2. The number of carbonyl (C=O) groups is 1. The summed E-state index contributed by atoms with van der Waals surface area (Å²) in [6.07, 6.45) is 2.20. The molecule has 2 unspecified atom stereocenters. The fourth-order valence-corrected chi connectivity index (χ4v) is 4.25. The standard InChI is InChI=1S/C24H27F2O2P/c1-16-10-23(22(25)12-19(16)9-8-17(2)27)28-15-21-14-24(26,29)13-20(21)11-18-6-4-3-5-7-18/h3-7,10,12H,8-9,11,13-15,29H2,1-2H3. The van der Waals surface area contributed by atoms with Crippen LogP contribution in [0.4, 0.5) is 8.78 Å². The van der Waals surface area contributed by atoms with E-state index in [4.69, 9.17) is 4.74 Å². The molecule has 0 radical (unpaired) electrons. The maximum atomic E-state index is 14.7. The topological polar surface area (TPSA) is 26.3 Å². The Balaban J connectivity index is 1.73. The first-order valence-electron chi connectivity index (χ1n) is 9.86. The summed E-state index contributed by atoms with van der Waals surface area (Å²) in [5.74, 6) is -0.202. The van der Waals surface area contributed by atoms with E-state index in [0.717, 1.165) is 27.8 Å². The van der Waals surface area contributed by atoms with Crippen LogP contribution in [-0.4, -0.2) is 17.8 Å². The van der Waals surface area contributed by atoms with Crippen LogP contribution >= 0.6 is 9.24 Å². The average molecular weight is 416 g/mol. The summed E-state index contributed by atoms with van der Waals surface area (Å²) in [5.41, 5.74) is 4.73. The predicted octanol–water partition coefficient (Wildman–Crippen LogP) is 5.91. The van der Waals surface area contributed by atoms with Gasteiger partial charge >= 0.3 is 0 Å². The maximum absolute atomic E-state index is 14.7. The van der Waals surface area contributed by atoms with Crippen molar-refractivity contribution in [2.45, 2.75) is 51.4 Å². The highest BCUT2D eigenvalue weighted by atomic mass is 31.0. The molecule has 1 aliphatic carbocycles. The number of aryl methyl sites for hydroxylation is 2. The molecule has 0 saturated heterocycles. The third-order valence-corrected chi connectivity index (χ3v) is 5.72. The van der Waals surface area contributed by atoms with Crippen LogP contribution in [0.1, 0.15) is 42.9 Å². The van der Waals surface area contributed by atoms with Crippen molar-refractivity contribution < 1.29 is 18.3 Å². The number of hydrogen-bond donors (Lipinski definition) is 0. The zero-order chi connectivity index (χ0) is 21.0. The number of alkyl halides is 1. The summed E-state index contributed by atoms with van der Waals surface area (Å²) < 4.78 is 34.9. The average Bonchev–Trinajstić information content (AvgIpc) is 2.95. The van der Waals surface area contributed by atoms with E-state index in [2.05, 4.69) is 9.24 Å². The van der Waals surface area contributed by atoms with Gasteiger partial charge in [0.05, 0.1) is 0 Å². The third kappa shape index (κ3) is 5.96. The largest absolute Gasteiger partial charge is 0.486 e. The lowest BCUT2D eigenvalue weighted by Gasteiger charge is -2.14. The number of ether oxygens (including phenoxy) is 1. The van der Waals surface area contributed by atoms with Crippen LogP contribution < -0.4 is 4.74 Å². The molecule has 154 valence electrons. The zero-order valence-electron chi connectivity index (χ0n) is 16.9. The number of allylic oxidation sites excluding steroid dienone is 1. The molecule has 0 aromatic heterocycles. The summed E-state index contributed by atoms with van der Waals surface area (Å²) in [5, 5.41) is -1.37. The Morgan fingerprint density at radius 3 is 2.55 bits per heavy atom. The summed E-state index contributed by atoms with van der Waals surface area (Å²) in [6, 6.07) is 13.0. The molecule has 0 N–H and O–H groups in total. The van der Waals surface area contributed by atoms with Gasteiger partial charge in [-0.2, -0.15) is 0 Å². The molecular weight excluding hydrogens is 389 g/mol. The minimum atomic E-state index is -1.37. The molecule has 2 aromatic rings. The van der Waals surface area contributed by atoms with Gasteiger partial charge in [-0.25, -0.2) is 8.78 Å². The normalized spacial score (nSPS) is 18.9. The van der Waals surface area contributed by atoms with Crippen LogP contribution in [0.2, 0.25) is 0 Å². The van der Waals surface area contributed by atoms with Crippen LogP contribution in [0.25, 0.3) is 0 Å². The van der Waals surface area contributed by atoms with Crippen LogP contribution in [0.3, 0.4) is 0 Å². The molecule has 5 heteroatoms. The molecule has 0 heterocycles. The summed E-state index contributed by atoms with van der Waals surface area (Å²) >= 11 is 0. The third-order valence-electron chi connectivity index (χ3n) is 5.31. The van der Waals surface area contributed by atoms with Gasteiger partial charge in [-0.3, -0.25) is 0 Å². The van der Waals surface area contributed by atoms with Crippen molar-refractivity contribution in [2.24, 2.45) is 0 Å². The minimum absolute atomic E-state index is 0.0800. The van der Waals surface area contributed by atoms with Gasteiger partial charge in [0.2, 0.25) is 0 Å². The molecular formula is C24H27F2O2P. The molecule has 0 spiro atoms. The SMILES string of the molecule is CC(=O)CCc1cc(F)c(OCC2=C(Cc3ccccc3)CC(F)(P)C2)cc1C. The van der Waals surface area contributed by atoms with Gasteiger partial charge in [-0.15, -0.1) is 0 Å². The van der Waals surface area contributed by atoms with Crippen molar-refractivity contribution in [1.82, 2.24) is 0 Å². The lowest BCUT2D eigenvalue weighted by Crippen LogP contribution is -2.10. The number of hydrogen-bond acceptors (Lipinski definition) is 2. The molecule has 2 atom stereocenters. The van der Waals surface area contributed by atoms with E-state index in [1.165, 1.54) is 13.0 Å². The first-order valence-corrected chi connectivity index (χ1v) is 10.4. The van der Waals surface area contributed by atoms with Crippen LogP contribution in [0.15, 0.2) is 53.6 Å². The van der Waals surface area contributed by atoms with Crippen molar-refractivity contribution in [3.63, 3.8) is 0 Å². The van der Waals surface area contributed by atoms with Gasteiger partial charge in [0.25, 0.3) is 0 Å². The van der Waals surface area contributed by atoms with Gasteiger partial charge in [0.1, 0.15) is 17.8 Å². The van der Waals surface area contributed by atoms with Gasteiger partial charge < -0.3 is 9.53 Å². The van der Waals surface area contributed by atoms with E-state index >= 15 is 0 Å². The first-order chi connectivity index (χ1) is 13.7. The van der Waals surface area contributed by atoms with Crippen LogP contribution in [0.5, 0.6) is 5.75 Å². The Hall–Kier alpha value is -2.06. The molecule has 0 saturated carbocycles. The van der Waals surface area contributed by atoms with Crippen molar-refractivity contribution >= 4 is 15.0 Å². The van der Waals surface area contributed by atoms with E-state index in [0.29, 0.717) is 25.7 Å². The second-order valence-corrected chi connectivity index (χ2v) is 8.99. The van der Waals surface area contributed by atoms with Gasteiger partial charge in [-0.1, -0.05) is 45.1 Å². The van der Waals surface area contributed by atoms with Gasteiger partial charge in [-0.05, 0) is 61.1 Å². The fourth-order valence-electron chi connectivity index (χ4n) is 3.76. The molecule has 3 rings (SSSR count). The number of ketones is 1. The lowest BCUT2D eigenvalue weighted by atomic mass is 10.0. The van der Waals surface area contributed by atoms with E-state index in [1.807, 2.05) is 37.3 Å². The fraction of sp³-hybridized carbons (Fsp3) is 0.375. The highest BCUT2D eigenvalue weighted by molar-refractivity contribution is 7.18. The number of carbonyl (C=O) groups excluding carboxylic acids is 1. The van der Waals surface area contributed by atoms with Crippen molar-refractivity contribution in [1.29, 1.82) is 0 Å². The Morgan fingerprint density at radius 2 is 1.86 bits per heavy atom. The Bertz CT molecular complexity index is 920. The van der Waals surface area contributed by atoms with E-state index in [1.54, 1.807) is 6.07 Å². The van der Waals surface area contributed by atoms with Gasteiger partial charge in [0.15, 0.2) is 11.6 Å². The van der Waals surface area contributed by atoms with Gasteiger partial charge in [0, 0.05) is 19.3 Å². The maximum Gasteiger partial charge on any atom is 0.165 e. The Morgan fingerprint density at radius 1 is 1.17 bits per heavy atom.